The van der Waals surface area contributed by atoms with Crippen LogP contribution in [-0.4, -0.2) is 82.5 Å². The molecule has 0 atom stereocenters. The van der Waals surface area contributed by atoms with Crippen molar-refractivity contribution in [1.82, 2.24) is 19.8 Å². The first-order valence-electron chi connectivity index (χ1n) is 17.5. The summed E-state index contributed by atoms with van der Waals surface area (Å²) in [4.78, 5) is 38.4. The highest BCUT2D eigenvalue weighted by Crippen LogP contribution is 2.51. The minimum absolute atomic E-state index is 0.242. The monoisotopic (exact) mass is 722 g/mol. The first kappa shape index (κ1) is 39.9. The number of fused-ring (bicyclic) bond motifs is 2. The molecule has 0 unspecified atom stereocenters. The molecule has 8 nitrogen and oxygen atoms in total. The van der Waals surface area contributed by atoms with Gasteiger partial charge < -0.3 is 29.2 Å². The fraction of sp³-hybridized carbons (Fsp3) is 0.550. The second-order valence-corrected chi connectivity index (χ2v) is 20.2. The Morgan fingerprint density at radius 3 is 1.32 bits per heavy atom. The molecule has 0 bridgehead atoms. The Bertz CT molecular complexity index is 1650. The fourth-order valence-corrected chi connectivity index (χ4v) is 9.72. The van der Waals surface area contributed by atoms with Crippen molar-refractivity contribution < 1.29 is 19.1 Å². The first-order valence-corrected chi connectivity index (χ1v) is 19.6. The van der Waals surface area contributed by atoms with E-state index in [0.717, 1.165) is 58.9 Å². The van der Waals surface area contributed by atoms with Crippen LogP contribution in [-0.2, 0) is 22.4 Å². The van der Waals surface area contributed by atoms with Gasteiger partial charge in [-0.15, -0.1) is 0 Å². The molecule has 50 heavy (non-hydrogen) atoms. The predicted molar refractivity (Wildman–Crippen MR) is 213 cm³/mol. The van der Waals surface area contributed by atoms with E-state index in [1.54, 1.807) is 21.6 Å². The summed E-state index contributed by atoms with van der Waals surface area (Å²) in [5, 5.41) is 1.94. The minimum Gasteiger partial charge on any atom is -0.425 e. The van der Waals surface area contributed by atoms with Gasteiger partial charge in [-0.05, 0) is 145 Å². The van der Waals surface area contributed by atoms with Gasteiger partial charge in [0.1, 0.15) is 11.5 Å². The van der Waals surface area contributed by atoms with Crippen molar-refractivity contribution in [2.24, 2.45) is 10.8 Å². The third-order valence-corrected chi connectivity index (χ3v) is 13.1. The summed E-state index contributed by atoms with van der Waals surface area (Å²) in [7, 11) is 11.7. The number of aromatic amines is 2. The Hall–Kier alpha value is -2.92. The highest BCUT2D eigenvalue weighted by atomic mass is 33.1. The molecule has 2 aromatic heterocycles. The molecule has 274 valence electrons. The molecule has 0 radical (unpaired) electrons. The normalized spacial score (nSPS) is 13.2. The van der Waals surface area contributed by atoms with Crippen LogP contribution in [0.1, 0.15) is 79.4 Å². The van der Waals surface area contributed by atoms with E-state index >= 15 is 0 Å². The van der Waals surface area contributed by atoms with Crippen LogP contribution in [0.3, 0.4) is 0 Å². The lowest BCUT2D eigenvalue weighted by Crippen LogP contribution is -2.37. The third kappa shape index (κ3) is 10.3. The van der Waals surface area contributed by atoms with E-state index in [9.17, 15) is 9.59 Å². The molecule has 0 fully saturated rings. The number of hydrogen-bond donors (Lipinski definition) is 2. The van der Waals surface area contributed by atoms with Gasteiger partial charge in [0.15, 0.2) is 0 Å². The second-order valence-electron chi connectivity index (χ2n) is 16.7. The van der Waals surface area contributed by atoms with Crippen LogP contribution in [0.25, 0.3) is 21.8 Å². The molecule has 0 aliphatic rings. The average Bonchev–Trinajstić information content (AvgIpc) is 3.62. The van der Waals surface area contributed by atoms with E-state index in [2.05, 4.69) is 75.7 Å². The van der Waals surface area contributed by atoms with Crippen LogP contribution in [0, 0.1) is 10.8 Å². The molecule has 0 amide bonds. The van der Waals surface area contributed by atoms with E-state index in [-0.39, 0.29) is 21.4 Å². The van der Waals surface area contributed by atoms with Crippen molar-refractivity contribution in [3.05, 3.63) is 59.9 Å². The molecule has 0 spiro atoms. The third-order valence-electron chi connectivity index (χ3n) is 8.89. The van der Waals surface area contributed by atoms with Gasteiger partial charge in [0.05, 0.1) is 10.8 Å². The largest absolute Gasteiger partial charge is 0.425 e. The van der Waals surface area contributed by atoms with Crippen molar-refractivity contribution in [1.29, 1.82) is 0 Å². The van der Waals surface area contributed by atoms with E-state index < -0.39 is 10.8 Å². The quantitative estimate of drug-likeness (QED) is 0.0634. The number of rotatable bonds is 17. The van der Waals surface area contributed by atoms with E-state index in [1.165, 1.54) is 0 Å². The average molecular weight is 723 g/mol. The lowest BCUT2D eigenvalue weighted by atomic mass is 9.83. The zero-order valence-corrected chi connectivity index (χ0v) is 33.8. The van der Waals surface area contributed by atoms with Crippen molar-refractivity contribution >= 4 is 55.3 Å². The molecule has 10 heteroatoms. The molecule has 2 N–H and O–H groups in total. The number of carbonyl (C=O) groups is 2. The number of nitrogens with one attached hydrogen (secondary N) is 2. The zero-order valence-electron chi connectivity index (χ0n) is 32.2. The van der Waals surface area contributed by atoms with Gasteiger partial charge in [-0.1, -0.05) is 33.7 Å². The molecule has 4 aromatic rings. The Morgan fingerprint density at radius 1 is 0.620 bits per heavy atom. The standard InChI is InChI=1S/C40H58N4O4S2/c1-37(2,35(45)47-31-17-13-15-29-33(31)27(23-41-29)19-21-43(9)10)25-39(5,6)49-50-40(7,8)26-38(3,4)36(46)48-32-18-14-16-30-34(32)28(24-42-30)20-22-44(11)12/h13-18,23-24,41-42H,19-22,25-26H2,1-12H3. The summed E-state index contributed by atoms with van der Waals surface area (Å²) in [5.41, 5.74) is 2.77. The van der Waals surface area contributed by atoms with Gasteiger partial charge in [-0.3, -0.25) is 9.59 Å². The number of nitrogens with zero attached hydrogens (tertiary/aromatic N) is 2. The summed E-state index contributed by atoms with van der Waals surface area (Å²) >= 11 is 0. The minimum atomic E-state index is -0.725. The fourth-order valence-electron chi connectivity index (χ4n) is 6.73. The Balaban J connectivity index is 1.38. The number of likely N-dealkylation sites (N-methyl/N-ethyl adjacent to an activating group) is 2. The zero-order chi connectivity index (χ0) is 37.1. The summed E-state index contributed by atoms with van der Waals surface area (Å²) in [6.45, 7) is 18.4. The summed E-state index contributed by atoms with van der Waals surface area (Å²) in [6.07, 6.45) is 6.98. The molecule has 0 aliphatic carbocycles. The molecule has 2 heterocycles. The van der Waals surface area contributed by atoms with Crippen LogP contribution in [0.15, 0.2) is 48.8 Å². The van der Waals surface area contributed by atoms with E-state index in [0.29, 0.717) is 24.3 Å². The van der Waals surface area contributed by atoms with Crippen LogP contribution in [0.5, 0.6) is 11.5 Å². The highest BCUT2D eigenvalue weighted by Gasteiger charge is 2.41. The van der Waals surface area contributed by atoms with Gasteiger partial charge in [0.2, 0.25) is 0 Å². The van der Waals surface area contributed by atoms with Gasteiger partial charge in [-0.2, -0.15) is 0 Å². The van der Waals surface area contributed by atoms with Crippen molar-refractivity contribution in [2.45, 2.75) is 90.6 Å². The Labute approximate surface area is 307 Å². The smallest absolute Gasteiger partial charge is 0.316 e. The number of ether oxygens (including phenoxy) is 2. The number of H-pyrrole nitrogens is 2. The maximum atomic E-state index is 13.7. The van der Waals surface area contributed by atoms with E-state index in [4.69, 9.17) is 9.47 Å². The molecule has 4 rings (SSSR count). The summed E-state index contributed by atoms with van der Waals surface area (Å²) in [6, 6.07) is 11.6. The molecule has 0 aliphatic heterocycles. The number of aromatic nitrogens is 2. The van der Waals surface area contributed by atoms with Gasteiger partial charge >= 0.3 is 11.9 Å². The lowest BCUT2D eigenvalue weighted by molar-refractivity contribution is -0.145. The van der Waals surface area contributed by atoms with Crippen LogP contribution < -0.4 is 9.47 Å². The SMILES string of the molecule is CN(C)CCc1c[nH]c2cccc(OC(=O)C(C)(C)CC(C)(C)SSC(C)(C)CC(C)(C)C(=O)Oc3cccc4[nH]cc(CCN(C)C)c34)c12. The highest BCUT2D eigenvalue weighted by molar-refractivity contribution is 8.77. The molecular weight excluding hydrogens is 665 g/mol. The summed E-state index contributed by atoms with van der Waals surface area (Å²) in [5.74, 6) is 0.717. The molecule has 0 saturated carbocycles. The van der Waals surface area contributed by atoms with Crippen molar-refractivity contribution in [3.63, 3.8) is 0 Å². The van der Waals surface area contributed by atoms with E-state index in [1.807, 2.05) is 76.5 Å². The number of hydrogen-bond acceptors (Lipinski definition) is 8. The molecule has 0 saturated heterocycles. The molecule has 2 aromatic carbocycles. The summed E-state index contributed by atoms with van der Waals surface area (Å²) < 4.78 is 11.8. The first-order chi connectivity index (χ1) is 23.2. The van der Waals surface area contributed by atoms with Crippen LogP contribution >= 0.6 is 21.6 Å². The number of esters is 2. The van der Waals surface area contributed by atoms with Crippen molar-refractivity contribution in [3.8, 4) is 11.5 Å². The topological polar surface area (TPSA) is 90.7 Å². The Morgan fingerprint density at radius 2 is 0.980 bits per heavy atom. The van der Waals surface area contributed by atoms with Crippen LogP contribution in [0.2, 0.25) is 0 Å². The van der Waals surface area contributed by atoms with Crippen LogP contribution in [0.4, 0.5) is 0 Å². The Kier molecular flexibility index (Phi) is 12.6. The predicted octanol–water partition coefficient (Wildman–Crippen LogP) is 9.14. The van der Waals surface area contributed by atoms with Crippen molar-refractivity contribution in [2.75, 3.05) is 41.3 Å². The van der Waals surface area contributed by atoms with Gasteiger partial charge in [0.25, 0.3) is 0 Å². The van der Waals surface area contributed by atoms with Gasteiger partial charge in [0, 0.05) is 56.8 Å². The number of benzene rings is 2. The number of carbonyl (C=O) groups excluding carboxylic acids is 2. The second kappa shape index (κ2) is 15.8. The maximum Gasteiger partial charge on any atom is 0.316 e. The maximum absolute atomic E-state index is 13.7. The van der Waals surface area contributed by atoms with Gasteiger partial charge in [-0.25, -0.2) is 0 Å². The lowest BCUT2D eigenvalue weighted by Gasteiger charge is -2.37. The molecular formula is C40H58N4O4S2.